The van der Waals surface area contributed by atoms with Crippen LogP contribution >= 0.6 is 0 Å². The number of carbonyl (C=O) groups is 2. The summed E-state index contributed by atoms with van der Waals surface area (Å²) < 4.78 is 21.8. The van der Waals surface area contributed by atoms with Gasteiger partial charge in [0.1, 0.15) is 0 Å². The summed E-state index contributed by atoms with van der Waals surface area (Å²) in [5.41, 5.74) is 3.79. The maximum atomic E-state index is 13.3. The van der Waals surface area contributed by atoms with Crippen molar-refractivity contribution in [2.45, 2.75) is 26.4 Å². The van der Waals surface area contributed by atoms with E-state index in [9.17, 15) is 9.59 Å². The van der Waals surface area contributed by atoms with Gasteiger partial charge < -0.3 is 18.9 Å². The third kappa shape index (κ3) is 5.71. The number of hydrogen-bond acceptors (Lipinski definition) is 6. The predicted molar refractivity (Wildman–Crippen MR) is 125 cm³/mol. The highest BCUT2D eigenvalue weighted by molar-refractivity contribution is 6.01. The Kier molecular flexibility index (Phi) is 7.72. The third-order valence-electron chi connectivity index (χ3n) is 5.28. The zero-order valence-electron chi connectivity index (χ0n) is 19.5. The Morgan fingerprint density at radius 1 is 0.758 bits per heavy atom. The number of aryl methyl sites for hydroxylation is 2. The molecular formula is C27H28O6. The minimum atomic E-state index is -1.05. The molecule has 0 heterocycles. The number of carbonyl (C=O) groups excluding carboxylic acids is 2. The first-order valence-electron chi connectivity index (χ1n) is 10.5. The van der Waals surface area contributed by atoms with Crippen LogP contribution in [0.25, 0.3) is 0 Å². The number of methoxy groups -OCH3 is 3. The van der Waals surface area contributed by atoms with Crippen molar-refractivity contribution in [3.8, 4) is 17.2 Å². The van der Waals surface area contributed by atoms with Crippen LogP contribution in [0.1, 0.15) is 38.7 Å². The van der Waals surface area contributed by atoms with Crippen LogP contribution in [0.4, 0.5) is 0 Å². The van der Waals surface area contributed by atoms with Gasteiger partial charge in [0, 0.05) is 11.1 Å². The topological polar surface area (TPSA) is 71.1 Å². The molecule has 0 aliphatic carbocycles. The number of benzene rings is 3. The molecule has 6 nitrogen and oxygen atoms in total. The van der Waals surface area contributed by atoms with E-state index in [4.69, 9.17) is 18.9 Å². The van der Waals surface area contributed by atoms with Crippen LogP contribution in [0.2, 0.25) is 0 Å². The van der Waals surface area contributed by atoms with E-state index in [2.05, 4.69) is 0 Å². The fourth-order valence-corrected chi connectivity index (χ4v) is 3.46. The summed E-state index contributed by atoms with van der Waals surface area (Å²) in [7, 11) is 4.53. The molecule has 0 aliphatic heterocycles. The Hall–Kier alpha value is -3.80. The molecule has 0 saturated heterocycles. The van der Waals surface area contributed by atoms with Gasteiger partial charge in [0.05, 0.1) is 27.8 Å². The van der Waals surface area contributed by atoms with Gasteiger partial charge in [-0.3, -0.25) is 9.59 Å². The molecular weight excluding hydrogens is 420 g/mol. The summed E-state index contributed by atoms with van der Waals surface area (Å²) in [5, 5.41) is 0. The Balaban J connectivity index is 1.88. The van der Waals surface area contributed by atoms with Gasteiger partial charge in [0.15, 0.2) is 17.6 Å². The molecule has 0 aromatic heterocycles. The van der Waals surface area contributed by atoms with Crippen molar-refractivity contribution in [2.24, 2.45) is 0 Å². The molecule has 0 amide bonds. The normalized spacial score (nSPS) is 11.4. The van der Waals surface area contributed by atoms with Gasteiger partial charge in [-0.15, -0.1) is 0 Å². The summed E-state index contributed by atoms with van der Waals surface area (Å²) in [4.78, 5) is 26.2. The lowest BCUT2D eigenvalue weighted by Gasteiger charge is -2.19. The van der Waals surface area contributed by atoms with Crippen LogP contribution in [0.15, 0.2) is 60.7 Å². The van der Waals surface area contributed by atoms with Crippen molar-refractivity contribution < 1.29 is 28.5 Å². The Morgan fingerprint density at radius 3 is 1.76 bits per heavy atom. The van der Waals surface area contributed by atoms with Gasteiger partial charge in [-0.2, -0.15) is 0 Å². The van der Waals surface area contributed by atoms with Crippen molar-refractivity contribution in [3.63, 3.8) is 0 Å². The molecule has 172 valence electrons. The Bertz CT molecular complexity index is 1090. The Morgan fingerprint density at radius 2 is 1.27 bits per heavy atom. The molecule has 33 heavy (non-hydrogen) atoms. The molecule has 1 atom stereocenters. The second-order valence-electron chi connectivity index (χ2n) is 7.72. The first-order valence-corrected chi connectivity index (χ1v) is 10.5. The SMILES string of the molecule is COc1cc(CC(=O)O[C@H](C(=O)c2ccc(C)cc2)c2ccc(C)cc2)cc(OC)c1OC. The minimum Gasteiger partial charge on any atom is -0.493 e. The van der Waals surface area contributed by atoms with Gasteiger partial charge in [0.2, 0.25) is 11.5 Å². The zero-order chi connectivity index (χ0) is 24.0. The number of Topliss-reactive ketones (excluding diaryl/α,β-unsaturated/α-hetero) is 1. The molecule has 0 unspecified atom stereocenters. The Labute approximate surface area is 194 Å². The smallest absolute Gasteiger partial charge is 0.311 e. The minimum absolute atomic E-state index is 0.0692. The predicted octanol–water partition coefficient (Wildman–Crippen LogP) is 5.04. The number of hydrogen-bond donors (Lipinski definition) is 0. The molecule has 3 aromatic carbocycles. The highest BCUT2D eigenvalue weighted by Crippen LogP contribution is 2.38. The van der Waals surface area contributed by atoms with E-state index in [1.54, 1.807) is 36.4 Å². The fraction of sp³-hybridized carbons (Fsp3) is 0.259. The van der Waals surface area contributed by atoms with Crippen LogP contribution in [-0.2, 0) is 16.0 Å². The molecule has 3 aromatic rings. The molecule has 6 heteroatoms. The van der Waals surface area contributed by atoms with Gasteiger partial charge in [-0.05, 0) is 31.5 Å². The molecule has 0 aliphatic rings. The summed E-state index contributed by atoms with van der Waals surface area (Å²) in [5.74, 6) is 0.479. The summed E-state index contributed by atoms with van der Waals surface area (Å²) >= 11 is 0. The molecule has 0 N–H and O–H groups in total. The van der Waals surface area contributed by atoms with E-state index in [1.165, 1.54) is 21.3 Å². The summed E-state index contributed by atoms with van der Waals surface area (Å²) in [6, 6.07) is 18.0. The standard InChI is InChI=1S/C27H28O6/c1-17-6-10-20(11-7-17)25(29)26(21-12-8-18(2)9-13-21)33-24(28)16-19-14-22(30-3)27(32-5)23(15-19)31-4/h6-15,26H,16H2,1-5H3/t26-/m0/s1. The van der Waals surface area contributed by atoms with Crippen LogP contribution < -0.4 is 14.2 Å². The van der Waals surface area contributed by atoms with Crippen molar-refractivity contribution in [1.82, 2.24) is 0 Å². The number of ether oxygens (including phenoxy) is 4. The number of esters is 1. The third-order valence-corrected chi connectivity index (χ3v) is 5.28. The van der Waals surface area contributed by atoms with E-state index in [0.717, 1.165) is 11.1 Å². The van der Waals surface area contributed by atoms with Gasteiger partial charge in [0.25, 0.3) is 0 Å². The second-order valence-corrected chi connectivity index (χ2v) is 7.72. The lowest BCUT2D eigenvalue weighted by Crippen LogP contribution is -2.21. The first kappa shape index (κ1) is 23.9. The van der Waals surface area contributed by atoms with E-state index in [0.29, 0.717) is 33.9 Å². The van der Waals surface area contributed by atoms with Crippen molar-refractivity contribution in [1.29, 1.82) is 0 Å². The van der Waals surface area contributed by atoms with E-state index in [1.807, 2.05) is 38.1 Å². The largest absolute Gasteiger partial charge is 0.493 e. The van der Waals surface area contributed by atoms with E-state index >= 15 is 0 Å². The quantitative estimate of drug-likeness (QED) is 0.337. The van der Waals surface area contributed by atoms with Crippen molar-refractivity contribution in [2.75, 3.05) is 21.3 Å². The highest BCUT2D eigenvalue weighted by Gasteiger charge is 2.27. The average molecular weight is 449 g/mol. The fourth-order valence-electron chi connectivity index (χ4n) is 3.46. The van der Waals surface area contributed by atoms with Gasteiger partial charge in [-0.1, -0.05) is 59.7 Å². The highest BCUT2D eigenvalue weighted by atomic mass is 16.5. The first-order chi connectivity index (χ1) is 15.9. The molecule has 0 radical (unpaired) electrons. The van der Waals surface area contributed by atoms with Crippen molar-refractivity contribution >= 4 is 11.8 Å². The van der Waals surface area contributed by atoms with E-state index in [-0.39, 0.29) is 12.2 Å². The van der Waals surface area contributed by atoms with Crippen LogP contribution in [-0.4, -0.2) is 33.1 Å². The van der Waals surface area contributed by atoms with Gasteiger partial charge >= 0.3 is 5.97 Å². The second kappa shape index (κ2) is 10.7. The molecule has 0 saturated carbocycles. The molecule has 3 rings (SSSR count). The number of ketones is 1. The average Bonchev–Trinajstić information content (AvgIpc) is 2.82. The monoisotopic (exact) mass is 448 g/mol. The molecule has 0 spiro atoms. The van der Waals surface area contributed by atoms with Crippen LogP contribution in [0, 0.1) is 13.8 Å². The maximum Gasteiger partial charge on any atom is 0.311 e. The lowest BCUT2D eigenvalue weighted by atomic mass is 9.98. The maximum absolute atomic E-state index is 13.3. The van der Waals surface area contributed by atoms with E-state index < -0.39 is 12.1 Å². The van der Waals surface area contributed by atoms with Crippen LogP contribution in [0.3, 0.4) is 0 Å². The van der Waals surface area contributed by atoms with Crippen LogP contribution in [0.5, 0.6) is 17.2 Å². The summed E-state index contributed by atoms with van der Waals surface area (Å²) in [6.07, 6.45) is -1.12. The van der Waals surface area contributed by atoms with Crippen molar-refractivity contribution in [3.05, 3.63) is 88.5 Å². The number of rotatable bonds is 9. The summed E-state index contributed by atoms with van der Waals surface area (Å²) in [6.45, 7) is 3.90. The van der Waals surface area contributed by atoms with Gasteiger partial charge in [-0.25, -0.2) is 0 Å². The zero-order valence-corrected chi connectivity index (χ0v) is 19.5. The molecule has 0 bridgehead atoms. The lowest BCUT2D eigenvalue weighted by molar-refractivity contribution is -0.146. The molecule has 0 fully saturated rings.